The van der Waals surface area contributed by atoms with Crippen molar-refractivity contribution in [3.63, 3.8) is 0 Å². The van der Waals surface area contributed by atoms with Gasteiger partial charge in [0, 0.05) is 25.4 Å². The van der Waals surface area contributed by atoms with Crippen LogP contribution in [0.5, 0.6) is 5.75 Å². The summed E-state index contributed by atoms with van der Waals surface area (Å²) in [6, 6.07) is 8.02. The molecule has 96 valence electrons. The Labute approximate surface area is 107 Å². The number of hydrogen-bond acceptors (Lipinski definition) is 3. The minimum atomic E-state index is 0.189. The van der Waals surface area contributed by atoms with Crippen LogP contribution in [0.2, 0.25) is 0 Å². The highest BCUT2D eigenvalue weighted by molar-refractivity contribution is 5.66. The van der Waals surface area contributed by atoms with Crippen LogP contribution in [0.3, 0.4) is 0 Å². The lowest BCUT2D eigenvalue weighted by Crippen LogP contribution is -2.05. The Morgan fingerprint density at radius 2 is 1.94 bits per heavy atom. The number of aromatic nitrogens is 2. The fourth-order valence-electron chi connectivity index (χ4n) is 1.91. The number of nitrogens with zero attached hydrogens (tertiary/aromatic N) is 2. The fourth-order valence-corrected chi connectivity index (χ4v) is 1.91. The van der Waals surface area contributed by atoms with Gasteiger partial charge in [-0.05, 0) is 31.5 Å². The molecule has 0 bridgehead atoms. The Morgan fingerprint density at radius 3 is 2.50 bits per heavy atom. The predicted octanol–water partition coefficient (Wildman–Crippen LogP) is 2.33. The molecule has 0 saturated heterocycles. The number of ether oxygens (including phenoxy) is 1. The number of nitrogens with two attached hydrogens (primary N) is 1. The van der Waals surface area contributed by atoms with Crippen LogP contribution in [0.1, 0.15) is 19.5 Å². The second kappa shape index (κ2) is 5.23. The molecule has 4 heteroatoms. The van der Waals surface area contributed by atoms with Crippen LogP contribution in [0.15, 0.2) is 30.5 Å². The smallest absolute Gasteiger partial charge is 0.119 e. The van der Waals surface area contributed by atoms with E-state index in [-0.39, 0.29) is 6.10 Å². The normalized spacial score (nSPS) is 10.9. The Morgan fingerprint density at radius 1 is 1.28 bits per heavy atom. The molecular weight excluding hydrogens is 226 g/mol. The summed E-state index contributed by atoms with van der Waals surface area (Å²) in [6.45, 7) is 4.48. The lowest BCUT2D eigenvalue weighted by atomic mass is 10.1. The summed E-state index contributed by atoms with van der Waals surface area (Å²) in [5, 5.41) is 4.34. The zero-order valence-electron chi connectivity index (χ0n) is 11.1. The van der Waals surface area contributed by atoms with E-state index in [0.29, 0.717) is 6.54 Å². The van der Waals surface area contributed by atoms with Crippen molar-refractivity contribution in [2.75, 3.05) is 0 Å². The molecule has 2 rings (SSSR count). The van der Waals surface area contributed by atoms with E-state index in [1.54, 1.807) is 4.68 Å². The second-order valence-corrected chi connectivity index (χ2v) is 4.56. The Balaban J connectivity index is 2.28. The van der Waals surface area contributed by atoms with E-state index >= 15 is 0 Å². The molecule has 0 unspecified atom stereocenters. The minimum absolute atomic E-state index is 0.189. The lowest BCUT2D eigenvalue weighted by molar-refractivity contribution is 0.242. The minimum Gasteiger partial charge on any atom is -0.491 e. The van der Waals surface area contributed by atoms with Gasteiger partial charge in [-0.3, -0.25) is 4.68 Å². The van der Waals surface area contributed by atoms with E-state index in [0.717, 1.165) is 22.6 Å². The zero-order chi connectivity index (χ0) is 13.1. The van der Waals surface area contributed by atoms with Crippen LogP contribution in [-0.2, 0) is 13.6 Å². The summed E-state index contributed by atoms with van der Waals surface area (Å²) in [6.07, 6.45) is 2.18. The largest absolute Gasteiger partial charge is 0.491 e. The fraction of sp³-hybridized carbons (Fsp3) is 0.357. The van der Waals surface area contributed by atoms with Crippen LogP contribution >= 0.6 is 0 Å². The molecule has 0 saturated carbocycles. The maximum atomic E-state index is 5.70. The van der Waals surface area contributed by atoms with E-state index in [1.807, 2.05) is 51.4 Å². The molecule has 0 fully saturated rings. The summed E-state index contributed by atoms with van der Waals surface area (Å²) in [5.41, 5.74) is 8.80. The molecule has 2 aromatic rings. The molecule has 0 spiro atoms. The third kappa shape index (κ3) is 2.71. The van der Waals surface area contributed by atoms with E-state index in [9.17, 15) is 0 Å². The third-order valence-electron chi connectivity index (χ3n) is 2.64. The van der Waals surface area contributed by atoms with Gasteiger partial charge in [0.25, 0.3) is 0 Å². The number of aryl methyl sites for hydroxylation is 1. The van der Waals surface area contributed by atoms with Crippen LogP contribution in [0.25, 0.3) is 11.1 Å². The number of benzene rings is 1. The summed E-state index contributed by atoms with van der Waals surface area (Å²) in [4.78, 5) is 0. The average molecular weight is 245 g/mol. The molecule has 1 aromatic heterocycles. The molecule has 1 heterocycles. The van der Waals surface area contributed by atoms with Gasteiger partial charge in [-0.15, -0.1) is 0 Å². The van der Waals surface area contributed by atoms with Crippen LogP contribution < -0.4 is 10.5 Å². The van der Waals surface area contributed by atoms with Gasteiger partial charge in [0.15, 0.2) is 0 Å². The van der Waals surface area contributed by atoms with E-state index < -0.39 is 0 Å². The first kappa shape index (κ1) is 12.6. The standard InChI is InChI=1S/C14H19N3O/c1-10(2)18-12-6-4-11(5-7-12)13-9-17(3)16-14(13)8-15/h4-7,9-10H,8,15H2,1-3H3. The van der Waals surface area contributed by atoms with Crippen molar-refractivity contribution in [1.82, 2.24) is 9.78 Å². The third-order valence-corrected chi connectivity index (χ3v) is 2.64. The second-order valence-electron chi connectivity index (χ2n) is 4.56. The van der Waals surface area contributed by atoms with E-state index in [2.05, 4.69) is 5.10 Å². The van der Waals surface area contributed by atoms with Gasteiger partial charge in [0.05, 0.1) is 11.8 Å². The summed E-state index contributed by atoms with van der Waals surface area (Å²) >= 11 is 0. The van der Waals surface area contributed by atoms with Gasteiger partial charge in [0.1, 0.15) is 5.75 Å². The van der Waals surface area contributed by atoms with Crippen molar-refractivity contribution in [3.05, 3.63) is 36.2 Å². The van der Waals surface area contributed by atoms with Crippen LogP contribution in [0, 0.1) is 0 Å². The Kier molecular flexibility index (Phi) is 3.67. The highest BCUT2D eigenvalue weighted by Gasteiger charge is 2.08. The Hall–Kier alpha value is -1.81. The number of rotatable bonds is 4. The predicted molar refractivity (Wildman–Crippen MR) is 72.3 cm³/mol. The first-order valence-electron chi connectivity index (χ1n) is 6.10. The van der Waals surface area contributed by atoms with Gasteiger partial charge < -0.3 is 10.5 Å². The maximum Gasteiger partial charge on any atom is 0.119 e. The van der Waals surface area contributed by atoms with Gasteiger partial charge in [-0.25, -0.2) is 0 Å². The van der Waals surface area contributed by atoms with Gasteiger partial charge >= 0.3 is 0 Å². The lowest BCUT2D eigenvalue weighted by Gasteiger charge is -2.10. The molecule has 0 radical (unpaired) electrons. The number of hydrogen-bond donors (Lipinski definition) is 1. The van der Waals surface area contributed by atoms with Crippen molar-refractivity contribution in [2.45, 2.75) is 26.5 Å². The van der Waals surface area contributed by atoms with Gasteiger partial charge in [-0.2, -0.15) is 5.10 Å². The van der Waals surface area contributed by atoms with Crippen molar-refractivity contribution in [2.24, 2.45) is 12.8 Å². The molecule has 0 aliphatic carbocycles. The van der Waals surface area contributed by atoms with E-state index in [4.69, 9.17) is 10.5 Å². The van der Waals surface area contributed by atoms with Crippen molar-refractivity contribution in [1.29, 1.82) is 0 Å². The monoisotopic (exact) mass is 245 g/mol. The average Bonchev–Trinajstić information content (AvgIpc) is 2.71. The highest BCUT2D eigenvalue weighted by atomic mass is 16.5. The molecule has 0 aliphatic rings. The topological polar surface area (TPSA) is 53.1 Å². The Bertz CT molecular complexity index is 514. The molecule has 18 heavy (non-hydrogen) atoms. The summed E-state index contributed by atoms with van der Waals surface area (Å²) in [5.74, 6) is 0.881. The first-order chi connectivity index (χ1) is 8.60. The molecule has 4 nitrogen and oxygen atoms in total. The summed E-state index contributed by atoms with van der Waals surface area (Å²) < 4.78 is 7.41. The quantitative estimate of drug-likeness (QED) is 0.899. The summed E-state index contributed by atoms with van der Waals surface area (Å²) in [7, 11) is 1.90. The van der Waals surface area contributed by atoms with E-state index in [1.165, 1.54) is 0 Å². The van der Waals surface area contributed by atoms with Crippen molar-refractivity contribution < 1.29 is 4.74 Å². The van der Waals surface area contributed by atoms with Crippen LogP contribution in [0.4, 0.5) is 0 Å². The van der Waals surface area contributed by atoms with Crippen molar-refractivity contribution in [3.8, 4) is 16.9 Å². The molecule has 0 amide bonds. The maximum absolute atomic E-state index is 5.70. The molecule has 1 aromatic carbocycles. The first-order valence-corrected chi connectivity index (χ1v) is 6.10. The molecule has 0 atom stereocenters. The van der Waals surface area contributed by atoms with Gasteiger partial charge in [-0.1, -0.05) is 12.1 Å². The van der Waals surface area contributed by atoms with Gasteiger partial charge in [0.2, 0.25) is 0 Å². The SMILES string of the molecule is CC(C)Oc1ccc(-c2cn(C)nc2CN)cc1. The molecule has 0 aliphatic heterocycles. The zero-order valence-corrected chi connectivity index (χ0v) is 11.1. The van der Waals surface area contributed by atoms with Crippen molar-refractivity contribution >= 4 is 0 Å². The molecule has 2 N–H and O–H groups in total. The van der Waals surface area contributed by atoms with Crippen LogP contribution in [-0.4, -0.2) is 15.9 Å². The molecular formula is C14H19N3O. The highest BCUT2D eigenvalue weighted by Crippen LogP contribution is 2.25.